The lowest BCUT2D eigenvalue weighted by atomic mass is 10.1. The predicted molar refractivity (Wildman–Crippen MR) is 65.6 cm³/mol. The zero-order valence-corrected chi connectivity index (χ0v) is 10.3. The van der Waals surface area contributed by atoms with Gasteiger partial charge in [0.1, 0.15) is 5.75 Å². The van der Waals surface area contributed by atoms with Crippen LogP contribution in [-0.4, -0.2) is 20.3 Å². The van der Waals surface area contributed by atoms with Crippen LogP contribution in [-0.2, 0) is 4.74 Å². The van der Waals surface area contributed by atoms with Crippen molar-refractivity contribution < 1.29 is 9.47 Å². The fraction of sp³-hybridized carbons (Fsp3) is 0.538. The molecule has 3 nitrogen and oxygen atoms in total. The van der Waals surface area contributed by atoms with Gasteiger partial charge in [0, 0.05) is 13.2 Å². The van der Waals surface area contributed by atoms with E-state index in [0.717, 1.165) is 17.9 Å². The highest BCUT2D eigenvalue weighted by Crippen LogP contribution is 2.21. The van der Waals surface area contributed by atoms with Crippen molar-refractivity contribution in [3.8, 4) is 5.75 Å². The Labute approximate surface area is 97.6 Å². The Morgan fingerprint density at radius 2 is 2.06 bits per heavy atom. The zero-order valence-electron chi connectivity index (χ0n) is 10.3. The molecule has 0 amide bonds. The van der Waals surface area contributed by atoms with Gasteiger partial charge in [-0.15, -0.1) is 0 Å². The van der Waals surface area contributed by atoms with E-state index in [9.17, 15) is 0 Å². The maximum atomic E-state index is 5.76. The lowest BCUT2D eigenvalue weighted by Crippen LogP contribution is -2.18. The molecular formula is C13H21NO2. The van der Waals surface area contributed by atoms with Crippen LogP contribution in [0.3, 0.4) is 0 Å². The minimum absolute atomic E-state index is 0.0440. The summed E-state index contributed by atoms with van der Waals surface area (Å²) in [4.78, 5) is 0. The second-order valence-corrected chi connectivity index (χ2v) is 4.23. The molecule has 0 heterocycles. The third-order valence-corrected chi connectivity index (χ3v) is 2.31. The van der Waals surface area contributed by atoms with Crippen molar-refractivity contribution in [3.63, 3.8) is 0 Å². The van der Waals surface area contributed by atoms with Gasteiger partial charge in [-0.05, 0) is 23.6 Å². The molecule has 0 saturated heterocycles. The lowest BCUT2D eigenvalue weighted by Gasteiger charge is -2.18. The summed E-state index contributed by atoms with van der Waals surface area (Å²) in [7, 11) is 1.66. The van der Waals surface area contributed by atoms with E-state index in [0.29, 0.717) is 12.5 Å². The first kappa shape index (κ1) is 13.0. The van der Waals surface area contributed by atoms with Gasteiger partial charge >= 0.3 is 0 Å². The molecule has 1 unspecified atom stereocenters. The van der Waals surface area contributed by atoms with Crippen molar-refractivity contribution in [1.29, 1.82) is 0 Å². The number of benzene rings is 1. The Bertz CT molecular complexity index is 313. The van der Waals surface area contributed by atoms with E-state index >= 15 is 0 Å². The fourth-order valence-electron chi connectivity index (χ4n) is 1.45. The van der Waals surface area contributed by atoms with Crippen LogP contribution < -0.4 is 10.5 Å². The molecule has 0 aliphatic heterocycles. The van der Waals surface area contributed by atoms with Gasteiger partial charge in [0.15, 0.2) is 0 Å². The molecule has 1 aromatic carbocycles. The number of nitrogens with two attached hydrogens (primary N) is 1. The predicted octanol–water partition coefficient (Wildman–Crippen LogP) is 2.37. The summed E-state index contributed by atoms with van der Waals surface area (Å²) in [5, 5.41) is 0. The number of hydrogen-bond acceptors (Lipinski definition) is 3. The van der Waals surface area contributed by atoms with Crippen LogP contribution in [0.1, 0.15) is 25.5 Å². The third-order valence-electron chi connectivity index (χ3n) is 2.31. The van der Waals surface area contributed by atoms with Crippen LogP contribution in [0, 0.1) is 5.92 Å². The Hall–Kier alpha value is -1.06. The SMILES string of the molecule is COc1cccc(C(CN)OCC(C)C)c1. The number of rotatable bonds is 6. The number of methoxy groups -OCH3 is 1. The Balaban J connectivity index is 2.70. The molecule has 1 aromatic rings. The van der Waals surface area contributed by atoms with Crippen LogP contribution in [0.25, 0.3) is 0 Å². The van der Waals surface area contributed by atoms with Crippen LogP contribution >= 0.6 is 0 Å². The fourth-order valence-corrected chi connectivity index (χ4v) is 1.45. The van der Waals surface area contributed by atoms with Crippen LogP contribution in [0.5, 0.6) is 5.75 Å². The van der Waals surface area contributed by atoms with E-state index in [4.69, 9.17) is 15.2 Å². The van der Waals surface area contributed by atoms with Crippen molar-refractivity contribution in [2.75, 3.05) is 20.3 Å². The minimum Gasteiger partial charge on any atom is -0.497 e. The second-order valence-electron chi connectivity index (χ2n) is 4.23. The minimum atomic E-state index is -0.0440. The largest absolute Gasteiger partial charge is 0.497 e. The molecule has 90 valence electrons. The van der Waals surface area contributed by atoms with Crippen molar-refractivity contribution >= 4 is 0 Å². The highest BCUT2D eigenvalue weighted by atomic mass is 16.5. The molecular weight excluding hydrogens is 202 g/mol. The van der Waals surface area contributed by atoms with Gasteiger partial charge in [-0.1, -0.05) is 26.0 Å². The summed E-state index contributed by atoms with van der Waals surface area (Å²) in [5.41, 5.74) is 6.79. The number of ether oxygens (including phenoxy) is 2. The quantitative estimate of drug-likeness (QED) is 0.805. The maximum Gasteiger partial charge on any atom is 0.119 e. The van der Waals surface area contributed by atoms with Crippen LogP contribution in [0.4, 0.5) is 0 Å². The van der Waals surface area contributed by atoms with E-state index < -0.39 is 0 Å². The Kier molecular flexibility index (Phi) is 5.29. The van der Waals surface area contributed by atoms with E-state index in [-0.39, 0.29) is 6.10 Å². The molecule has 0 spiro atoms. The van der Waals surface area contributed by atoms with Crippen molar-refractivity contribution in [2.24, 2.45) is 11.7 Å². The summed E-state index contributed by atoms with van der Waals surface area (Å²) in [5.74, 6) is 1.35. The molecule has 0 aromatic heterocycles. The number of hydrogen-bond donors (Lipinski definition) is 1. The standard InChI is InChI=1S/C13H21NO2/c1-10(2)9-16-13(8-14)11-5-4-6-12(7-11)15-3/h4-7,10,13H,8-9,14H2,1-3H3. The van der Waals surface area contributed by atoms with Crippen LogP contribution in [0.15, 0.2) is 24.3 Å². The van der Waals surface area contributed by atoms with E-state index in [1.165, 1.54) is 0 Å². The highest BCUT2D eigenvalue weighted by molar-refractivity contribution is 5.30. The van der Waals surface area contributed by atoms with E-state index in [1.807, 2.05) is 24.3 Å². The molecule has 0 aliphatic rings. The average Bonchev–Trinajstić information content (AvgIpc) is 2.30. The first-order valence-corrected chi connectivity index (χ1v) is 5.63. The van der Waals surface area contributed by atoms with E-state index in [1.54, 1.807) is 7.11 Å². The molecule has 3 heteroatoms. The summed E-state index contributed by atoms with van der Waals surface area (Å²) in [6.07, 6.45) is -0.0440. The van der Waals surface area contributed by atoms with Crippen molar-refractivity contribution in [3.05, 3.63) is 29.8 Å². The molecule has 0 fully saturated rings. The van der Waals surface area contributed by atoms with Gasteiger partial charge < -0.3 is 15.2 Å². The first-order valence-electron chi connectivity index (χ1n) is 5.63. The van der Waals surface area contributed by atoms with Gasteiger partial charge in [0.25, 0.3) is 0 Å². The van der Waals surface area contributed by atoms with Gasteiger partial charge in [-0.3, -0.25) is 0 Å². The monoisotopic (exact) mass is 223 g/mol. The molecule has 16 heavy (non-hydrogen) atoms. The maximum absolute atomic E-state index is 5.76. The third kappa shape index (κ3) is 3.83. The van der Waals surface area contributed by atoms with Crippen LogP contribution in [0.2, 0.25) is 0 Å². The molecule has 1 atom stereocenters. The van der Waals surface area contributed by atoms with Gasteiger partial charge in [0.2, 0.25) is 0 Å². The van der Waals surface area contributed by atoms with E-state index in [2.05, 4.69) is 13.8 Å². The summed E-state index contributed by atoms with van der Waals surface area (Å²) >= 11 is 0. The molecule has 0 bridgehead atoms. The van der Waals surface area contributed by atoms with Crippen molar-refractivity contribution in [1.82, 2.24) is 0 Å². The second kappa shape index (κ2) is 6.51. The molecule has 0 radical (unpaired) electrons. The van der Waals surface area contributed by atoms with Gasteiger partial charge in [-0.2, -0.15) is 0 Å². The zero-order chi connectivity index (χ0) is 12.0. The summed E-state index contributed by atoms with van der Waals surface area (Å²) < 4.78 is 10.9. The highest BCUT2D eigenvalue weighted by Gasteiger charge is 2.11. The summed E-state index contributed by atoms with van der Waals surface area (Å²) in [6, 6.07) is 7.85. The molecule has 0 aliphatic carbocycles. The first-order chi connectivity index (χ1) is 7.67. The lowest BCUT2D eigenvalue weighted by molar-refractivity contribution is 0.0404. The average molecular weight is 223 g/mol. The molecule has 2 N–H and O–H groups in total. The van der Waals surface area contributed by atoms with Gasteiger partial charge in [0.05, 0.1) is 13.2 Å². The normalized spacial score (nSPS) is 12.8. The topological polar surface area (TPSA) is 44.5 Å². The summed E-state index contributed by atoms with van der Waals surface area (Å²) in [6.45, 7) is 5.46. The molecule has 1 rings (SSSR count). The Morgan fingerprint density at radius 3 is 2.62 bits per heavy atom. The smallest absolute Gasteiger partial charge is 0.119 e. The van der Waals surface area contributed by atoms with Gasteiger partial charge in [-0.25, -0.2) is 0 Å². The Morgan fingerprint density at radius 1 is 1.31 bits per heavy atom. The van der Waals surface area contributed by atoms with Crippen molar-refractivity contribution in [2.45, 2.75) is 20.0 Å². The molecule has 0 saturated carbocycles.